The van der Waals surface area contributed by atoms with Crippen molar-refractivity contribution in [3.8, 4) is 11.3 Å². The van der Waals surface area contributed by atoms with Gasteiger partial charge >= 0.3 is 0 Å². The van der Waals surface area contributed by atoms with E-state index in [0.29, 0.717) is 12.6 Å². The van der Waals surface area contributed by atoms with Crippen LogP contribution in [0.4, 0.5) is 17.2 Å². The highest BCUT2D eigenvalue weighted by Crippen LogP contribution is 2.35. The number of anilines is 3. The highest BCUT2D eigenvalue weighted by Gasteiger charge is 2.21. The van der Waals surface area contributed by atoms with E-state index in [1.165, 1.54) is 32.1 Å². The molecule has 1 aliphatic heterocycles. The van der Waals surface area contributed by atoms with E-state index in [4.69, 9.17) is 4.98 Å². The van der Waals surface area contributed by atoms with E-state index in [9.17, 15) is 4.79 Å². The molecule has 0 bridgehead atoms. The van der Waals surface area contributed by atoms with Crippen LogP contribution >= 0.6 is 0 Å². The molecule has 6 nitrogen and oxygen atoms in total. The average molecular weight is 361 g/mol. The maximum absolute atomic E-state index is 11.6. The molecular weight excluding hydrogens is 338 g/mol. The third-order valence-corrected chi connectivity index (χ3v) is 5.48. The van der Waals surface area contributed by atoms with Crippen LogP contribution in [-0.4, -0.2) is 27.9 Å². The predicted octanol–water partition coefficient (Wildman–Crippen LogP) is 4.11. The number of benzene rings is 1. The van der Waals surface area contributed by atoms with Crippen molar-refractivity contribution in [1.82, 2.24) is 9.38 Å². The second-order valence-electron chi connectivity index (χ2n) is 7.38. The maximum atomic E-state index is 11.6. The van der Waals surface area contributed by atoms with Gasteiger partial charge in [0.05, 0.1) is 17.9 Å². The standard InChI is InChI=1S/C21H23N5O/c27-19-13-22-17-12-14(9-10-16(17)24-19)20-21(23-15-6-2-1-3-7-15)26-11-5-4-8-18(26)25-20/h4-5,8-12,15,22-23H,1-3,6-7,13H2,(H,24,27). The molecular formula is C21H23N5O. The van der Waals surface area contributed by atoms with E-state index in [1.807, 2.05) is 30.3 Å². The Bertz CT molecular complexity index is 1000. The van der Waals surface area contributed by atoms with Crippen LogP contribution in [0, 0.1) is 0 Å². The topological polar surface area (TPSA) is 70.5 Å². The average Bonchev–Trinajstić information content (AvgIpc) is 3.07. The summed E-state index contributed by atoms with van der Waals surface area (Å²) < 4.78 is 2.14. The van der Waals surface area contributed by atoms with E-state index < -0.39 is 0 Å². The van der Waals surface area contributed by atoms with Gasteiger partial charge in [-0.1, -0.05) is 31.4 Å². The molecule has 3 heterocycles. The lowest BCUT2D eigenvalue weighted by Crippen LogP contribution is -2.27. The minimum absolute atomic E-state index is 0.0114. The number of hydrogen-bond acceptors (Lipinski definition) is 4. The molecule has 2 aliphatic rings. The molecule has 1 amide bonds. The van der Waals surface area contributed by atoms with Gasteiger partial charge in [-0.15, -0.1) is 0 Å². The lowest BCUT2D eigenvalue weighted by Gasteiger charge is -2.24. The largest absolute Gasteiger partial charge is 0.374 e. The number of nitrogens with one attached hydrogen (secondary N) is 3. The second kappa shape index (κ2) is 6.61. The molecule has 0 atom stereocenters. The quantitative estimate of drug-likeness (QED) is 0.657. The van der Waals surface area contributed by atoms with Crippen LogP contribution in [0.5, 0.6) is 0 Å². The zero-order valence-corrected chi connectivity index (χ0v) is 15.2. The van der Waals surface area contributed by atoms with Crippen molar-refractivity contribution in [3.05, 3.63) is 42.6 Å². The minimum Gasteiger partial charge on any atom is -0.374 e. The SMILES string of the molecule is O=C1CNc2cc(-c3nc4ccccn4c3NC3CCCCC3)ccc2N1. The van der Waals surface area contributed by atoms with Crippen LogP contribution in [0.3, 0.4) is 0 Å². The summed E-state index contributed by atoms with van der Waals surface area (Å²) in [6.07, 6.45) is 8.38. The fourth-order valence-electron chi connectivity index (χ4n) is 4.09. The van der Waals surface area contributed by atoms with Gasteiger partial charge in [-0.3, -0.25) is 9.20 Å². The van der Waals surface area contributed by atoms with Crippen LogP contribution in [0.25, 0.3) is 16.9 Å². The zero-order chi connectivity index (χ0) is 18.2. The summed E-state index contributed by atoms with van der Waals surface area (Å²) in [5, 5.41) is 9.86. The first kappa shape index (κ1) is 16.2. The molecule has 1 saturated carbocycles. The van der Waals surface area contributed by atoms with Crippen molar-refractivity contribution in [2.75, 3.05) is 22.5 Å². The summed E-state index contributed by atoms with van der Waals surface area (Å²) >= 11 is 0. The van der Waals surface area contributed by atoms with Crippen molar-refractivity contribution in [2.45, 2.75) is 38.1 Å². The van der Waals surface area contributed by atoms with Gasteiger partial charge in [0.2, 0.25) is 5.91 Å². The zero-order valence-electron chi connectivity index (χ0n) is 15.2. The van der Waals surface area contributed by atoms with Gasteiger partial charge in [-0.25, -0.2) is 4.98 Å². The van der Waals surface area contributed by atoms with E-state index in [2.05, 4.69) is 32.6 Å². The van der Waals surface area contributed by atoms with E-state index in [1.54, 1.807) is 0 Å². The molecule has 3 aromatic rings. The van der Waals surface area contributed by atoms with Crippen LogP contribution in [0.2, 0.25) is 0 Å². The van der Waals surface area contributed by atoms with Crippen molar-refractivity contribution < 1.29 is 4.79 Å². The third kappa shape index (κ3) is 3.01. The molecule has 1 aliphatic carbocycles. The minimum atomic E-state index is -0.0114. The van der Waals surface area contributed by atoms with Gasteiger partial charge in [-0.05, 0) is 37.1 Å². The number of carbonyl (C=O) groups is 1. The van der Waals surface area contributed by atoms with Crippen LogP contribution in [0.15, 0.2) is 42.6 Å². The number of hydrogen-bond donors (Lipinski definition) is 3. The Morgan fingerprint density at radius 3 is 2.85 bits per heavy atom. The summed E-state index contributed by atoms with van der Waals surface area (Å²) in [5.41, 5.74) is 4.69. The van der Waals surface area contributed by atoms with Crippen LogP contribution in [-0.2, 0) is 4.79 Å². The molecule has 1 aromatic carbocycles. The highest BCUT2D eigenvalue weighted by atomic mass is 16.2. The summed E-state index contributed by atoms with van der Waals surface area (Å²) in [4.78, 5) is 16.5. The lowest BCUT2D eigenvalue weighted by atomic mass is 9.95. The molecule has 0 spiro atoms. The summed E-state index contributed by atoms with van der Waals surface area (Å²) in [7, 11) is 0. The van der Waals surface area contributed by atoms with Crippen molar-refractivity contribution >= 4 is 28.7 Å². The maximum Gasteiger partial charge on any atom is 0.243 e. The molecule has 6 heteroatoms. The molecule has 0 unspecified atom stereocenters. The third-order valence-electron chi connectivity index (χ3n) is 5.48. The van der Waals surface area contributed by atoms with Gasteiger partial charge in [0.1, 0.15) is 17.2 Å². The van der Waals surface area contributed by atoms with E-state index in [-0.39, 0.29) is 5.91 Å². The Labute approximate surface area is 158 Å². The van der Waals surface area contributed by atoms with Crippen LogP contribution in [0.1, 0.15) is 32.1 Å². The van der Waals surface area contributed by atoms with E-state index in [0.717, 1.165) is 34.1 Å². The molecule has 2 aromatic heterocycles. The first-order chi connectivity index (χ1) is 13.3. The number of rotatable bonds is 3. The molecule has 0 radical (unpaired) electrons. The van der Waals surface area contributed by atoms with Gasteiger partial charge in [0, 0.05) is 17.8 Å². The van der Waals surface area contributed by atoms with Crippen molar-refractivity contribution in [1.29, 1.82) is 0 Å². The van der Waals surface area contributed by atoms with Gasteiger partial charge < -0.3 is 16.0 Å². The smallest absolute Gasteiger partial charge is 0.243 e. The fraction of sp³-hybridized carbons (Fsp3) is 0.333. The number of nitrogens with zero attached hydrogens (tertiary/aromatic N) is 2. The van der Waals surface area contributed by atoms with Gasteiger partial charge in [0.25, 0.3) is 0 Å². The Kier molecular flexibility index (Phi) is 3.96. The Hall–Kier alpha value is -3.02. The second-order valence-corrected chi connectivity index (χ2v) is 7.38. The molecule has 3 N–H and O–H groups in total. The Balaban J connectivity index is 1.58. The molecule has 5 rings (SSSR count). The monoisotopic (exact) mass is 361 g/mol. The lowest BCUT2D eigenvalue weighted by molar-refractivity contribution is -0.114. The number of fused-ring (bicyclic) bond motifs is 2. The predicted molar refractivity (Wildman–Crippen MR) is 108 cm³/mol. The molecule has 1 fully saturated rings. The Morgan fingerprint density at radius 1 is 1.07 bits per heavy atom. The van der Waals surface area contributed by atoms with Gasteiger partial charge in [-0.2, -0.15) is 0 Å². The Morgan fingerprint density at radius 2 is 1.96 bits per heavy atom. The van der Waals surface area contributed by atoms with Gasteiger partial charge in [0.15, 0.2) is 0 Å². The van der Waals surface area contributed by atoms with Crippen LogP contribution < -0.4 is 16.0 Å². The fourth-order valence-corrected chi connectivity index (χ4v) is 4.09. The van der Waals surface area contributed by atoms with Crippen molar-refractivity contribution in [2.24, 2.45) is 0 Å². The normalized spacial score (nSPS) is 17.3. The summed E-state index contributed by atoms with van der Waals surface area (Å²) in [5.74, 6) is 1.04. The first-order valence-electron chi connectivity index (χ1n) is 9.70. The summed E-state index contributed by atoms with van der Waals surface area (Å²) in [6.45, 7) is 0.300. The number of carbonyl (C=O) groups excluding carboxylic acids is 1. The summed E-state index contributed by atoms with van der Waals surface area (Å²) in [6, 6.07) is 12.6. The van der Waals surface area contributed by atoms with Crippen molar-refractivity contribution in [3.63, 3.8) is 0 Å². The molecule has 27 heavy (non-hydrogen) atoms. The number of imidazole rings is 1. The molecule has 138 valence electrons. The number of pyridine rings is 1. The number of aromatic nitrogens is 2. The first-order valence-corrected chi connectivity index (χ1v) is 9.70. The molecule has 0 saturated heterocycles. The number of amides is 1. The highest BCUT2D eigenvalue weighted by molar-refractivity contribution is 6.01. The van der Waals surface area contributed by atoms with E-state index >= 15 is 0 Å².